The van der Waals surface area contributed by atoms with Gasteiger partial charge in [-0.1, -0.05) is 17.4 Å². The van der Waals surface area contributed by atoms with Crippen molar-refractivity contribution in [1.29, 1.82) is 0 Å². The van der Waals surface area contributed by atoms with Crippen molar-refractivity contribution >= 4 is 34.7 Å². The number of carbonyl (C=O) groups excluding carboxylic acids is 1. The molecule has 1 aromatic carbocycles. The molecule has 0 radical (unpaired) electrons. The molecule has 2 aromatic rings. The van der Waals surface area contributed by atoms with Crippen molar-refractivity contribution in [2.75, 3.05) is 16.8 Å². The van der Waals surface area contributed by atoms with Gasteiger partial charge in [0.15, 0.2) is 0 Å². The molecule has 0 aliphatic carbocycles. The molecule has 118 valence electrons. The first-order chi connectivity index (χ1) is 10.5. The maximum absolute atomic E-state index is 11.9. The first-order valence-corrected chi connectivity index (χ1v) is 9.10. The summed E-state index contributed by atoms with van der Waals surface area (Å²) in [5.74, 6) is 1.13. The van der Waals surface area contributed by atoms with Crippen LogP contribution in [0.25, 0.3) is 0 Å². The summed E-state index contributed by atoms with van der Waals surface area (Å²) in [6, 6.07) is 6.00. The highest BCUT2D eigenvalue weighted by molar-refractivity contribution is 7.99. The first-order valence-electron chi connectivity index (χ1n) is 7.06. The number of hydrogen-bond donors (Lipinski definition) is 1. The quantitative estimate of drug-likeness (QED) is 0.824. The minimum atomic E-state index is -0.00983. The standard InChI is InChI=1S/C16H20N2O2S2/c1-11-6-12(2)8-14(7-11)17-15(19)10-21-5-4-18-13(3)9-22-16(18)20/h6-9H,4-5,10H2,1-3H3,(H,17,19). The molecular weight excluding hydrogens is 316 g/mol. The van der Waals surface area contributed by atoms with Crippen LogP contribution in [0, 0.1) is 20.8 Å². The van der Waals surface area contributed by atoms with E-state index in [9.17, 15) is 9.59 Å². The second-order valence-electron chi connectivity index (χ2n) is 5.27. The third-order valence-electron chi connectivity index (χ3n) is 3.17. The molecule has 0 bridgehead atoms. The smallest absolute Gasteiger partial charge is 0.307 e. The van der Waals surface area contributed by atoms with Gasteiger partial charge in [-0.2, -0.15) is 11.8 Å². The van der Waals surface area contributed by atoms with Crippen molar-refractivity contribution in [1.82, 2.24) is 4.57 Å². The second-order valence-corrected chi connectivity index (χ2v) is 7.20. The minimum Gasteiger partial charge on any atom is -0.325 e. The Bertz CT molecular complexity index is 699. The number of thiazole rings is 1. The zero-order valence-corrected chi connectivity index (χ0v) is 14.6. The van der Waals surface area contributed by atoms with Crippen LogP contribution in [0.3, 0.4) is 0 Å². The highest BCUT2D eigenvalue weighted by atomic mass is 32.2. The molecule has 1 amide bonds. The molecule has 0 saturated heterocycles. The topological polar surface area (TPSA) is 51.1 Å². The van der Waals surface area contributed by atoms with Gasteiger partial charge in [0.2, 0.25) is 5.91 Å². The van der Waals surface area contributed by atoms with Crippen LogP contribution in [0.2, 0.25) is 0 Å². The summed E-state index contributed by atoms with van der Waals surface area (Å²) in [6.07, 6.45) is 0. The maximum Gasteiger partial charge on any atom is 0.307 e. The van der Waals surface area contributed by atoms with Gasteiger partial charge >= 0.3 is 4.87 Å². The van der Waals surface area contributed by atoms with Crippen LogP contribution in [0.4, 0.5) is 5.69 Å². The number of amides is 1. The van der Waals surface area contributed by atoms with Gasteiger partial charge in [-0.3, -0.25) is 9.59 Å². The molecule has 2 rings (SSSR count). The normalized spacial score (nSPS) is 10.7. The Morgan fingerprint density at radius 2 is 1.91 bits per heavy atom. The van der Waals surface area contributed by atoms with Crippen LogP contribution < -0.4 is 10.2 Å². The third-order valence-corrected chi connectivity index (χ3v) is 4.99. The van der Waals surface area contributed by atoms with E-state index in [1.165, 1.54) is 23.1 Å². The predicted molar refractivity (Wildman–Crippen MR) is 95.2 cm³/mol. The lowest BCUT2D eigenvalue weighted by atomic mass is 10.1. The number of aromatic nitrogens is 1. The van der Waals surface area contributed by atoms with Crippen molar-refractivity contribution in [3.8, 4) is 0 Å². The summed E-state index contributed by atoms with van der Waals surface area (Å²) in [7, 11) is 0. The number of nitrogens with zero attached hydrogens (tertiary/aromatic N) is 1. The molecule has 0 aliphatic heterocycles. The van der Waals surface area contributed by atoms with E-state index in [2.05, 4.69) is 11.4 Å². The Balaban J connectivity index is 1.77. The van der Waals surface area contributed by atoms with E-state index in [1.54, 1.807) is 4.57 Å². The molecule has 1 aromatic heterocycles. The Morgan fingerprint density at radius 3 is 2.50 bits per heavy atom. The maximum atomic E-state index is 11.9. The van der Waals surface area contributed by atoms with E-state index in [1.807, 2.05) is 38.3 Å². The number of aryl methyl sites for hydroxylation is 3. The molecule has 0 atom stereocenters. The third kappa shape index (κ3) is 4.74. The average Bonchev–Trinajstić information content (AvgIpc) is 2.73. The largest absolute Gasteiger partial charge is 0.325 e. The van der Waals surface area contributed by atoms with Gasteiger partial charge < -0.3 is 9.88 Å². The Labute approximate surface area is 138 Å². The SMILES string of the molecule is Cc1cc(C)cc(NC(=O)CSCCn2c(C)csc2=O)c1. The summed E-state index contributed by atoms with van der Waals surface area (Å²) >= 11 is 2.76. The fourth-order valence-corrected chi connectivity index (χ4v) is 3.71. The molecule has 0 spiro atoms. The number of hydrogen-bond acceptors (Lipinski definition) is 4. The average molecular weight is 336 g/mol. The zero-order valence-electron chi connectivity index (χ0n) is 13.0. The highest BCUT2D eigenvalue weighted by Crippen LogP contribution is 2.14. The van der Waals surface area contributed by atoms with Crippen LogP contribution in [-0.2, 0) is 11.3 Å². The lowest BCUT2D eigenvalue weighted by Crippen LogP contribution is -2.18. The number of thioether (sulfide) groups is 1. The Morgan fingerprint density at radius 1 is 1.23 bits per heavy atom. The lowest BCUT2D eigenvalue weighted by Gasteiger charge is -2.08. The summed E-state index contributed by atoms with van der Waals surface area (Å²) in [5, 5.41) is 4.77. The van der Waals surface area contributed by atoms with Gasteiger partial charge in [0.1, 0.15) is 0 Å². The second kappa shape index (κ2) is 7.65. The van der Waals surface area contributed by atoms with Gasteiger partial charge in [-0.25, -0.2) is 0 Å². The molecule has 6 heteroatoms. The van der Waals surface area contributed by atoms with Crippen LogP contribution in [0.1, 0.15) is 16.8 Å². The van der Waals surface area contributed by atoms with Crippen molar-refractivity contribution < 1.29 is 4.79 Å². The Kier molecular flexibility index (Phi) is 5.85. The summed E-state index contributed by atoms with van der Waals surface area (Å²) in [6.45, 7) is 6.60. The molecule has 0 saturated carbocycles. The minimum absolute atomic E-state index is 0.00983. The van der Waals surface area contributed by atoms with E-state index in [4.69, 9.17) is 0 Å². The summed E-state index contributed by atoms with van der Waals surface area (Å²) < 4.78 is 1.75. The molecule has 0 aliphatic rings. The van der Waals surface area contributed by atoms with Crippen molar-refractivity contribution in [3.05, 3.63) is 50.1 Å². The van der Waals surface area contributed by atoms with E-state index < -0.39 is 0 Å². The molecule has 0 fully saturated rings. The zero-order chi connectivity index (χ0) is 16.1. The van der Waals surface area contributed by atoms with Gasteiger partial charge in [0, 0.05) is 29.1 Å². The lowest BCUT2D eigenvalue weighted by molar-refractivity contribution is -0.113. The number of benzene rings is 1. The molecular formula is C16H20N2O2S2. The molecule has 22 heavy (non-hydrogen) atoms. The molecule has 1 heterocycles. The van der Waals surface area contributed by atoms with Crippen LogP contribution >= 0.6 is 23.1 Å². The fourth-order valence-electron chi connectivity index (χ4n) is 2.24. The number of anilines is 1. The van der Waals surface area contributed by atoms with Gasteiger partial charge in [0.25, 0.3) is 0 Å². The Hall–Kier alpha value is -1.53. The van der Waals surface area contributed by atoms with Gasteiger partial charge in [-0.15, -0.1) is 0 Å². The monoisotopic (exact) mass is 336 g/mol. The number of nitrogens with one attached hydrogen (secondary N) is 1. The van der Waals surface area contributed by atoms with Crippen LogP contribution in [0.15, 0.2) is 28.4 Å². The highest BCUT2D eigenvalue weighted by Gasteiger charge is 2.05. The molecule has 1 N–H and O–H groups in total. The summed E-state index contributed by atoms with van der Waals surface area (Å²) in [4.78, 5) is 23.6. The van der Waals surface area contributed by atoms with Crippen LogP contribution in [-0.4, -0.2) is 22.0 Å². The van der Waals surface area contributed by atoms with Gasteiger partial charge in [-0.05, 0) is 44.0 Å². The van der Waals surface area contributed by atoms with Crippen LogP contribution in [0.5, 0.6) is 0 Å². The van der Waals surface area contributed by atoms with Gasteiger partial charge in [0.05, 0.1) is 5.75 Å². The van der Waals surface area contributed by atoms with E-state index in [-0.39, 0.29) is 10.8 Å². The number of carbonyl (C=O) groups is 1. The van der Waals surface area contributed by atoms with Crippen molar-refractivity contribution in [3.63, 3.8) is 0 Å². The van der Waals surface area contributed by atoms with E-state index >= 15 is 0 Å². The van der Waals surface area contributed by atoms with Crippen molar-refractivity contribution in [2.45, 2.75) is 27.3 Å². The number of rotatable bonds is 6. The van der Waals surface area contributed by atoms with Crippen molar-refractivity contribution in [2.24, 2.45) is 0 Å². The van der Waals surface area contributed by atoms with E-state index in [0.717, 1.165) is 28.3 Å². The fraction of sp³-hybridized carbons (Fsp3) is 0.375. The van der Waals surface area contributed by atoms with E-state index in [0.29, 0.717) is 12.3 Å². The molecule has 4 nitrogen and oxygen atoms in total. The first kappa shape index (κ1) is 16.8. The molecule has 0 unspecified atom stereocenters. The predicted octanol–water partition coefficient (Wildman–Crippen LogP) is 3.21. The summed E-state index contributed by atoms with van der Waals surface area (Å²) in [5.41, 5.74) is 4.09.